The number of hydrogen-bond acceptors (Lipinski definition) is 5. The lowest BCUT2D eigenvalue weighted by Crippen LogP contribution is -2.42. The standard InChI is InChI=1S/C11H17N3O4S2/c12-19(15,16)10-1-3-11(4-2-10)20(17,18)14-9-5-7-13-8-6-9/h1-4,9,13-14H,5-8H2,(H2,12,15,16). The van der Waals surface area contributed by atoms with Crippen LogP contribution in [0.15, 0.2) is 34.1 Å². The van der Waals surface area contributed by atoms with E-state index in [1.807, 2.05) is 0 Å². The molecule has 1 fully saturated rings. The Morgan fingerprint density at radius 3 is 2.00 bits per heavy atom. The van der Waals surface area contributed by atoms with Gasteiger partial charge in [-0.2, -0.15) is 0 Å². The van der Waals surface area contributed by atoms with Gasteiger partial charge in [0.05, 0.1) is 9.79 Å². The molecule has 1 aromatic carbocycles. The van der Waals surface area contributed by atoms with Gasteiger partial charge in [-0.1, -0.05) is 0 Å². The van der Waals surface area contributed by atoms with Gasteiger partial charge in [0.15, 0.2) is 0 Å². The molecule has 1 aliphatic heterocycles. The quantitative estimate of drug-likeness (QED) is 0.682. The lowest BCUT2D eigenvalue weighted by molar-refractivity contribution is 0.427. The number of sulfonamides is 2. The third kappa shape index (κ3) is 3.76. The molecule has 0 radical (unpaired) electrons. The van der Waals surface area contributed by atoms with Crippen molar-refractivity contribution in [2.75, 3.05) is 13.1 Å². The van der Waals surface area contributed by atoms with Gasteiger partial charge in [0, 0.05) is 6.04 Å². The van der Waals surface area contributed by atoms with Gasteiger partial charge >= 0.3 is 0 Å². The summed E-state index contributed by atoms with van der Waals surface area (Å²) in [7, 11) is -7.45. The Bertz CT molecular complexity index is 662. The Hall–Kier alpha value is -1.00. The molecule has 0 aromatic heterocycles. The minimum absolute atomic E-state index is 0.0310. The van der Waals surface area contributed by atoms with Crippen molar-refractivity contribution >= 4 is 20.0 Å². The number of nitrogens with one attached hydrogen (secondary N) is 2. The SMILES string of the molecule is NS(=O)(=O)c1ccc(S(=O)(=O)NC2CCNCC2)cc1. The van der Waals surface area contributed by atoms with Crippen molar-refractivity contribution in [1.82, 2.24) is 10.0 Å². The molecule has 0 aliphatic carbocycles. The van der Waals surface area contributed by atoms with Crippen LogP contribution < -0.4 is 15.2 Å². The van der Waals surface area contributed by atoms with E-state index in [1.165, 1.54) is 24.3 Å². The molecule has 20 heavy (non-hydrogen) atoms. The van der Waals surface area contributed by atoms with Crippen LogP contribution in [0.2, 0.25) is 0 Å². The van der Waals surface area contributed by atoms with Crippen LogP contribution >= 0.6 is 0 Å². The Kier molecular flexibility index (Phi) is 4.45. The van der Waals surface area contributed by atoms with Crippen molar-refractivity contribution in [2.45, 2.75) is 28.7 Å². The zero-order chi connectivity index (χ0) is 14.8. The summed E-state index contributed by atoms with van der Waals surface area (Å²) in [5.41, 5.74) is 0. The van der Waals surface area contributed by atoms with Crippen LogP contribution in [0.5, 0.6) is 0 Å². The molecule has 0 saturated carbocycles. The molecule has 0 atom stereocenters. The third-order valence-corrected chi connectivity index (χ3v) is 5.59. The van der Waals surface area contributed by atoms with Crippen LogP contribution in [0.25, 0.3) is 0 Å². The molecule has 0 bridgehead atoms. The molecule has 0 spiro atoms. The molecular formula is C11H17N3O4S2. The first-order valence-corrected chi connectivity index (χ1v) is 9.18. The van der Waals surface area contributed by atoms with Crippen LogP contribution in [0, 0.1) is 0 Å². The lowest BCUT2D eigenvalue weighted by atomic mass is 10.1. The van der Waals surface area contributed by atoms with Crippen molar-refractivity contribution in [1.29, 1.82) is 0 Å². The fourth-order valence-electron chi connectivity index (χ4n) is 2.04. The summed E-state index contributed by atoms with van der Waals surface area (Å²) < 4.78 is 49.2. The Morgan fingerprint density at radius 2 is 1.50 bits per heavy atom. The van der Waals surface area contributed by atoms with Crippen molar-refractivity contribution in [3.8, 4) is 0 Å². The van der Waals surface area contributed by atoms with E-state index in [-0.39, 0.29) is 15.8 Å². The molecule has 2 rings (SSSR count). The lowest BCUT2D eigenvalue weighted by Gasteiger charge is -2.23. The van der Waals surface area contributed by atoms with Gasteiger partial charge in [0.1, 0.15) is 0 Å². The maximum atomic E-state index is 12.1. The average Bonchev–Trinajstić information content (AvgIpc) is 2.38. The van der Waals surface area contributed by atoms with Crippen molar-refractivity contribution in [3.63, 3.8) is 0 Å². The fourth-order valence-corrected chi connectivity index (χ4v) is 3.86. The number of piperidine rings is 1. The van der Waals surface area contributed by atoms with Crippen LogP contribution in [0.1, 0.15) is 12.8 Å². The second-order valence-electron chi connectivity index (χ2n) is 4.66. The van der Waals surface area contributed by atoms with Gasteiger partial charge in [0.2, 0.25) is 20.0 Å². The van der Waals surface area contributed by atoms with Crippen LogP contribution in [-0.2, 0) is 20.0 Å². The second kappa shape index (κ2) is 5.78. The number of primary sulfonamides is 1. The normalized spacial score (nSPS) is 18.1. The van der Waals surface area contributed by atoms with Gasteiger partial charge in [0.25, 0.3) is 0 Å². The highest BCUT2D eigenvalue weighted by Crippen LogP contribution is 2.15. The van der Waals surface area contributed by atoms with E-state index in [9.17, 15) is 16.8 Å². The first-order chi connectivity index (χ1) is 9.29. The molecule has 0 unspecified atom stereocenters. The van der Waals surface area contributed by atoms with Gasteiger partial charge in [-0.05, 0) is 50.2 Å². The molecule has 1 aromatic rings. The second-order valence-corrected chi connectivity index (χ2v) is 7.94. The van der Waals surface area contributed by atoms with E-state index in [1.54, 1.807) is 0 Å². The summed E-state index contributed by atoms with van der Waals surface area (Å²) in [6.45, 7) is 1.55. The van der Waals surface area contributed by atoms with Gasteiger partial charge in [-0.25, -0.2) is 26.7 Å². The van der Waals surface area contributed by atoms with E-state index < -0.39 is 20.0 Å². The molecule has 112 valence electrons. The molecular weight excluding hydrogens is 302 g/mol. The summed E-state index contributed by atoms with van der Waals surface area (Å²) in [5, 5.41) is 8.11. The van der Waals surface area contributed by atoms with Gasteiger partial charge in [-0.15, -0.1) is 0 Å². The van der Waals surface area contributed by atoms with E-state index in [0.717, 1.165) is 25.9 Å². The van der Waals surface area contributed by atoms with Crippen molar-refractivity contribution in [2.24, 2.45) is 5.14 Å². The Morgan fingerprint density at radius 1 is 1.00 bits per heavy atom. The largest absolute Gasteiger partial charge is 0.317 e. The topological polar surface area (TPSA) is 118 Å². The van der Waals surface area contributed by atoms with E-state index in [4.69, 9.17) is 5.14 Å². The highest BCUT2D eigenvalue weighted by Gasteiger charge is 2.22. The smallest absolute Gasteiger partial charge is 0.240 e. The summed E-state index contributed by atoms with van der Waals surface area (Å²) in [5.74, 6) is 0. The maximum absolute atomic E-state index is 12.1. The first-order valence-electron chi connectivity index (χ1n) is 6.15. The number of hydrogen-bond donors (Lipinski definition) is 3. The highest BCUT2D eigenvalue weighted by atomic mass is 32.2. The predicted octanol–water partition coefficient (Wildman–Crippen LogP) is -0.636. The van der Waals surface area contributed by atoms with E-state index in [0.29, 0.717) is 0 Å². The molecule has 4 N–H and O–H groups in total. The zero-order valence-corrected chi connectivity index (χ0v) is 12.4. The highest BCUT2D eigenvalue weighted by molar-refractivity contribution is 7.89. The molecule has 1 aliphatic rings. The Labute approximate surface area is 118 Å². The Balaban J connectivity index is 2.17. The fraction of sp³-hybridized carbons (Fsp3) is 0.455. The van der Waals surface area contributed by atoms with Gasteiger partial charge < -0.3 is 5.32 Å². The molecule has 7 nitrogen and oxygen atoms in total. The monoisotopic (exact) mass is 319 g/mol. The summed E-state index contributed by atoms with van der Waals surface area (Å²) >= 11 is 0. The van der Waals surface area contributed by atoms with Gasteiger partial charge in [-0.3, -0.25) is 0 Å². The first kappa shape index (κ1) is 15.4. The molecule has 1 heterocycles. The van der Waals surface area contributed by atoms with Crippen LogP contribution in [-0.4, -0.2) is 36.0 Å². The van der Waals surface area contributed by atoms with E-state index >= 15 is 0 Å². The van der Waals surface area contributed by atoms with Crippen molar-refractivity contribution in [3.05, 3.63) is 24.3 Å². The number of benzene rings is 1. The zero-order valence-electron chi connectivity index (χ0n) is 10.7. The van der Waals surface area contributed by atoms with Crippen molar-refractivity contribution < 1.29 is 16.8 Å². The predicted molar refractivity (Wildman–Crippen MR) is 74.0 cm³/mol. The summed E-state index contributed by atoms with van der Waals surface area (Å²) in [4.78, 5) is -0.0817. The minimum Gasteiger partial charge on any atom is -0.317 e. The molecule has 9 heteroatoms. The summed E-state index contributed by atoms with van der Waals surface area (Å²) in [6.07, 6.45) is 1.46. The number of nitrogens with two attached hydrogens (primary N) is 1. The molecule has 0 amide bonds. The molecule has 1 saturated heterocycles. The third-order valence-electron chi connectivity index (χ3n) is 3.12. The maximum Gasteiger partial charge on any atom is 0.240 e. The minimum atomic E-state index is -3.82. The van der Waals surface area contributed by atoms with E-state index in [2.05, 4.69) is 10.0 Å². The van der Waals surface area contributed by atoms with Crippen LogP contribution in [0.4, 0.5) is 0 Å². The number of rotatable bonds is 4. The van der Waals surface area contributed by atoms with Crippen LogP contribution in [0.3, 0.4) is 0 Å². The summed E-state index contributed by atoms with van der Waals surface area (Å²) in [6, 6.07) is 4.75. The average molecular weight is 319 g/mol.